The van der Waals surface area contributed by atoms with Crippen LogP contribution in [-0.4, -0.2) is 39.7 Å². The molecule has 9 heteroatoms. The van der Waals surface area contributed by atoms with Gasteiger partial charge >= 0.3 is 11.7 Å². The molecule has 0 fully saturated rings. The Morgan fingerprint density at radius 2 is 2.32 bits per heavy atom. The first-order valence-electron chi connectivity index (χ1n) is 6.49. The molecule has 0 atom stereocenters. The molecule has 0 aliphatic carbocycles. The molecule has 0 aromatic carbocycles. The van der Waals surface area contributed by atoms with Gasteiger partial charge in [-0.1, -0.05) is 0 Å². The lowest BCUT2D eigenvalue weighted by Crippen LogP contribution is -2.13. The number of H-pyrrole nitrogens is 1. The van der Waals surface area contributed by atoms with Gasteiger partial charge in [-0.2, -0.15) is 5.10 Å². The molecule has 22 heavy (non-hydrogen) atoms. The monoisotopic (exact) mass is 305 g/mol. The van der Waals surface area contributed by atoms with Crippen LogP contribution in [0.15, 0.2) is 18.3 Å². The van der Waals surface area contributed by atoms with Crippen molar-refractivity contribution < 1.29 is 14.5 Å². The number of ether oxygens (including phenoxy) is 1. The van der Waals surface area contributed by atoms with E-state index in [2.05, 4.69) is 25.2 Å². The van der Waals surface area contributed by atoms with Gasteiger partial charge in [0.1, 0.15) is 5.56 Å². The third-order valence-electron chi connectivity index (χ3n) is 2.95. The average molecular weight is 305 g/mol. The van der Waals surface area contributed by atoms with Gasteiger partial charge in [-0.05, 0) is 19.1 Å². The fraction of sp³-hybridized carbons (Fsp3) is 0.308. The number of aryl methyl sites for hydroxylation is 1. The highest BCUT2D eigenvalue weighted by Gasteiger charge is 2.27. The third kappa shape index (κ3) is 3.37. The summed E-state index contributed by atoms with van der Waals surface area (Å²) in [5.74, 6) is -0.723. The molecule has 2 aromatic heterocycles. The summed E-state index contributed by atoms with van der Waals surface area (Å²) in [5.41, 5.74) is 0.858. The van der Waals surface area contributed by atoms with E-state index in [1.807, 2.05) is 0 Å². The molecule has 116 valence electrons. The lowest BCUT2D eigenvalue weighted by atomic mass is 10.2. The quantitative estimate of drug-likeness (QED) is 0.470. The number of nitrogens with zero attached hydrogens (tertiary/aromatic N) is 3. The Morgan fingerprint density at radius 3 is 2.91 bits per heavy atom. The Morgan fingerprint density at radius 1 is 1.55 bits per heavy atom. The predicted molar refractivity (Wildman–Crippen MR) is 77.7 cm³/mol. The normalized spacial score (nSPS) is 10.3. The topological polar surface area (TPSA) is 123 Å². The molecule has 0 saturated carbocycles. The Balaban J connectivity index is 2.26. The van der Waals surface area contributed by atoms with Crippen molar-refractivity contribution in [3.05, 3.63) is 45.4 Å². The number of hydrogen-bond acceptors (Lipinski definition) is 7. The van der Waals surface area contributed by atoms with Crippen LogP contribution in [0.3, 0.4) is 0 Å². The van der Waals surface area contributed by atoms with Crippen LogP contribution in [0.5, 0.6) is 0 Å². The molecule has 0 unspecified atom stereocenters. The molecule has 0 saturated heterocycles. The fourth-order valence-corrected chi connectivity index (χ4v) is 1.98. The average Bonchev–Trinajstić information content (AvgIpc) is 2.98. The summed E-state index contributed by atoms with van der Waals surface area (Å²) in [5, 5.41) is 20.8. The van der Waals surface area contributed by atoms with Crippen LogP contribution in [0.4, 0.5) is 11.5 Å². The number of hydrogen-bond donors (Lipinski definition) is 2. The van der Waals surface area contributed by atoms with Gasteiger partial charge in [-0.25, -0.2) is 9.78 Å². The number of nitrogens with one attached hydrogen (secondary N) is 2. The molecular formula is C13H15N5O4. The van der Waals surface area contributed by atoms with Crippen molar-refractivity contribution in [3.8, 4) is 0 Å². The molecule has 9 nitrogen and oxygen atoms in total. The van der Waals surface area contributed by atoms with Crippen LogP contribution in [-0.2, 0) is 11.2 Å². The predicted octanol–water partition coefficient (Wildman–Crippen LogP) is 1.46. The Kier molecular flexibility index (Phi) is 4.66. The standard InChI is InChI=1S/C13H15N5O4/c1-8-7-10(13(19)22-2)11(18(20)21)12(16-8)14-5-3-9-4-6-15-17-9/h4,6-7H,3,5H2,1-2H3,(H,14,16)(H,15,17). The number of pyridine rings is 1. The van der Waals surface area contributed by atoms with Crippen molar-refractivity contribution in [2.75, 3.05) is 19.0 Å². The van der Waals surface area contributed by atoms with E-state index in [0.717, 1.165) is 5.69 Å². The fourth-order valence-electron chi connectivity index (χ4n) is 1.98. The van der Waals surface area contributed by atoms with Crippen LogP contribution in [0.1, 0.15) is 21.7 Å². The van der Waals surface area contributed by atoms with Gasteiger partial charge in [0.25, 0.3) is 0 Å². The highest BCUT2D eigenvalue weighted by molar-refractivity contribution is 5.96. The van der Waals surface area contributed by atoms with Crippen molar-refractivity contribution in [3.63, 3.8) is 0 Å². The molecule has 0 bridgehead atoms. The zero-order valence-electron chi connectivity index (χ0n) is 12.1. The number of rotatable bonds is 6. The van der Waals surface area contributed by atoms with E-state index < -0.39 is 10.9 Å². The van der Waals surface area contributed by atoms with Gasteiger partial charge in [0.2, 0.25) is 5.82 Å². The number of anilines is 1. The van der Waals surface area contributed by atoms with Crippen molar-refractivity contribution in [1.82, 2.24) is 15.2 Å². The van der Waals surface area contributed by atoms with Crippen molar-refractivity contribution in [1.29, 1.82) is 0 Å². The van der Waals surface area contributed by atoms with Gasteiger partial charge in [-0.3, -0.25) is 15.2 Å². The smallest absolute Gasteiger partial charge is 0.345 e. The Bertz CT molecular complexity index is 684. The van der Waals surface area contributed by atoms with Gasteiger partial charge < -0.3 is 10.1 Å². The molecule has 2 rings (SSSR count). The molecule has 0 aliphatic rings. The molecule has 0 amide bonds. The molecule has 0 aliphatic heterocycles. The van der Waals surface area contributed by atoms with Crippen LogP contribution < -0.4 is 5.32 Å². The first-order valence-corrected chi connectivity index (χ1v) is 6.49. The minimum Gasteiger partial charge on any atom is -0.465 e. The third-order valence-corrected chi connectivity index (χ3v) is 2.95. The lowest BCUT2D eigenvalue weighted by molar-refractivity contribution is -0.384. The van der Waals surface area contributed by atoms with E-state index in [1.165, 1.54) is 13.2 Å². The maximum absolute atomic E-state index is 11.7. The maximum atomic E-state index is 11.7. The van der Waals surface area contributed by atoms with Crippen molar-refractivity contribution >= 4 is 17.5 Å². The highest BCUT2D eigenvalue weighted by Crippen LogP contribution is 2.28. The number of methoxy groups -OCH3 is 1. The lowest BCUT2D eigenvalue weighted by Gasteiger charge is -2.09. The van der Waals surface area contributed by atoms with E-state index in [9.17, 15) is 14.9 Å². The summed E-state index contributed by atoms with van der Waals surface area (Å²) in [4.78, 5) is 26.4. The number of aromatic amines is 1. The van der Waals surface area contributed by atoms with Crippen LogP contribution in [0, 0.1) is 17.0 Å². The van der Waals surface area contributed by atoms with Crippen LogP contribution >= 0.6 is 0 Å². The second-order valence-electron chi connectivity index (χ2n) is 4.52. The van der Waals surface area contributed by atoms with Crippen molar-refractivity contribution in [2.45, 2.75) is 13.3 Å². The first kappa shape index (κ1) is 15.4. The number of esters is 1. The summed E-state index contributed by atoms with van der Waals surface area (Å²) in [7, 11) is 1.17. The van der Waals surface area contributed by atoms with Gasteiger partial charge in [0, 0.05) is 30.6 Å². The Labute approximate surface area is 125 Å². The Hall–Kier alpha value is -2.97. The summed E-state index contributed by atoms with van der Waals surface area (Å²) in [6.07, 6.45) is 2.21. The van der Waals surface area contributed by atoms with Crippen LogP contribution in [0.2, 0.25) is 0 Å². The molecular weight excluding hydrogens is 290 g/mol. The minimum atomic E-state index is -0.770. The summed E-state index contributed by atoms with van der Waals surface area (Å²) >= 11 is 0. The van der Waals surface area contributed by atoms with Gasteiger partial charge in [0.15, 0.2) is 0 Å². The van der Waals surface area contributed by atoms with E-state index in [1.54, 1.807) is 19.2 Å². The maximum Gasteiger partial charge on any atom is 0.345 e. The van der Waals surface area contributed by atoms with E-state index in [0.29, 0.717) is 18.7 Å². The van der Waals surface area contributed by atoms with E-state index in [4.69, 9.17) is 0 Å². The molecule has 2 aromatic rings. The number of nitro groups is 1. The minimum absolute atomic E-state index is 0.0462. The summed E-state index contributed by atoms with van der Waals surface area (Å²) in [6, 6.07) is 3.14. The number of aromatic nitrogens is 3. The first-order chi connectivity index (χ1) is 10.5. The van der Waals surface area contributed by atoms with Crippen molar-refractivity contribution in [2.24, 2.45) is 0 Å². The second kappa shape index (κ2) is 6.66. The highest BCUT2D eigenvalue weighted by atomic mass is 16.6. The zero-order valence-corrected chi connectivity index (χ0v) is 12.1. The molecule has 2 N–H and O–H groups in total. The van der Waals surface area contributed by atoms with Crippen LogP contribution in [0.25, 0.3) is 0 Å². The molecule has 2 heterocycles. The SMILES string of the molecule is COC(=O)c1cc(C)nc(NCCc2ccn[nH]2)c1[N+](=O)[O-]. The second-order valence-corrected chi connectivity index (χ2v) is 4.52. The molecule has 0 radical (unpaired) electrons. The zero-order chi connectivity index (χ0) is 16.1. The van der Waals surface area contributed by atoms with Gasteiger partial charge in [-0.15, -0.1) is 0 Å². The van der Waals surface area contributed by atoms with Gasteiger partial charge in [0.05, 0.1) is 12.0 Å². The number of carbonyl (C=O) groups is 1. The summed E-state index contributed by atoms with van der Waals surface area (Å²) in [6.45, 7) is 2.05. The molecule has 0 spiro atoms. The number of carbonyl (C=O) groups excluding carboxylic acids is 1. The summed E-state index contributed by atoms with van der Waals surface area (Å²) < 4.78 is 4.59. The van der Waals surface area contributed by atoms with E-state index in [-0.39, 0.29) is 17.1 Å². The van der Waals surface area contributed by atoms with E-state index >= 15 is 0 Å². The largest absolute Gasteiger partial charge is 0.465 e.